The fourth-order valence-corrected chi connectivity index (χ4v) is 3.61. The summed E-state index contributed by atoms with van der Waals surface area (Å²) in [6, 6.07) is 4.88. The highest BCUT2D eigenvalue weighted by Crippen LogP contribution is 2.46. The van der Waals surface area contributed by atoms with E-state index in [-0.39, 0.29) is 18.3 Å². The van der Waals surface area contributed by atoms with Gasteiger partial charge in [-0.25, -0.2) is 9.18 Å². The zero-order valence-electron chi connectivity index (χ0n) is 13.5. The van der Waals surface area contributed by atoms with Gasteiger partial charge < -0.3 is 15.0 Å². The molecule has 2 heterocycles. The number of cyclic esters (lactones) is 1. The summed E-state index contributed by atoms with van der Waals surface area (Å²) < 4.78 is 19.7. The monoisotopic (exact) mass is 333 g/mol. The molecule has 24 heavy (non-hydrogen) atoms. The van der Waals surface area contributed by atoms with Gasteiger partial charge in [0.2, 0.25) is 5.91 Å². The van der Waals surface area contributed by atoms with Gasteiger partial charge in [0, 0.05) is 20.0 Å². The molecule has 2 unspecified atom stereocenters. The molecule has 2 aliphatic heterocycles. The molecule has 2 amide bonds. The number of benzene rings is 1. The van der Waals surface area contributed by atoms with Crippen LogP contribution < -0.4 is 15.1 Å². The molecule has 2 saturated heterocycles. The van der Waals surface area contributed by atoms with Crippen LogP contribution >= 0.6 is 0 Å². The SMILES string of the molecule is CC(=O)NC[C@H]1CN(c2ccc(N3CC4CC4C3)c(F)c2)C(=O)O1. The molecule has 1 aromatic carbocycles. The Morgan fingerprint density at radius 2 is 2.08 bits per heavy atom. The van der Waals surface area contributed by atoms with Gasteiger partial charge in [-0.15, -0.1) is 0 Å². The van der Waals surface area contributed by atoms with Crippen molar-refractivity contribution in [2.75, 3.05) is 36.0 Å². The average molecular weight is 333 g/mol. The highest BCUT2D eigenvalue weighted by atomic mass is 19.1. The van der Waals surface area contributed by atoms with E-state index in [1.165, 1.54) is 24.3 Å². The fraction of sp³-hybridized carbons (Fsp3) is 0.529. The molecule has 1 N–H and O–H groups in total. The summed E-state index contributed by atoms with van der Waals surface area (Å²) in [7, 11) is 0. The molecule has 0 spiro atoms. The second-order valence-electron chi connectivity index (χ2n) is 6.85. The number of rotatable bonds is 4. The molecule has 4 rings (SSSR count). The molecule has 3 fully saturated rings. The number of halogens is 1. The zero-order chi connectivity index (χ0) is 16.8. The van der Waals surface area contributed by atoms with Crippen LogP contribution in [0.3, 0.4) is 0 Å². The first-order chi connectivity index (χ1) is 11.5. The third-order valence-corrected chi connectivity index (χ3v) is 5.02. The van der Waals surface area contributed by atoms with Crippen LogP contribution in [0.15, 0.2) is 18.2 Å². The lowest BCUT2D eigenvalue weighted by atomic mass is 10.2. The van der Waals surface area contributed by atoms with Crippen LogP contribution in [-0.2, 0) is 9.53 Å². The number of nitrogens with zero attached hydrogens (tertiary/aromatic N) is 2. The summed E-state index contributed by atoms with van der Waals surface area (Å²) in [4.78, 5) is 26.4. The molecular weight excluding hydrogens is 313 g/mol. The number of hydrogen-bond donors (Lipinski definition) is 1. The second-order valence-corrected chi connectivity index (χ2v) is 6.85. The minimum absolute atomic E-state index is 0.177. The van der Waals surface area contributed by atoms with Crippen molar-refractivity contribution in [3.63, 3.8) is 0 Å². The van der Waals surface area contributed by atoms with Gasteiger partial charge in [0.25, 0.3) is 0 Å². The molecular formula is C17H20FN3O3. The summed E-state index contributed by atoms with van der Waals surface area (Å²) in [5.74, 6) is 0.967. The fourth-order valence-electron chi connectivity index (χ4n) is 3.61. The molecule has 1 aliphatic carbocycles. The van der Waals surface area contributed by atoms with Crippen LogP contribution in [0.5, 0.6) is 0 Å². The van der Waals surface area contributed by atoms with E-state index in [9.17, 15) is 14.0 Å². The predicted octanol–water partition coefficient (Wildman–Crippen LogP) is 1.74. The van der Waals surface area contributed by atoms with Crippen molar-refractivity contribution in [3.8, 4) is 0 Å². The van der Waals surface area contributed by atoms with Crippen molar-refractivity contribution < 1.29 is 18.7 Å². The summed E-state index contributed by atoms with van der Waals surface area (Å²) in [6.45, 7) is 3.81. The van der Waals surface area contributed by atoms with E-state index in [4.69, 9.17) is 4.74 Å². The Labute approximate surface area is 139 Å². The third-order valence-electron chi connectivity index (χ3n) is 5.02. The Hall–Kier alpha value is -2.31. The standard InChI is InChI=1S/C17H20FN3O3/c1-10(22)19-6-14-9-21(17(23)24-14)13-2-3-16(15(18)5-13)20-7-11-4-12(11)8-20/h2-3,5,11-12,14H,4,6-9H2,1H3,(H,19,22)/t11?,12?,14-/m0/s1. The van der Waals surface area contributed by atoms with E-state index in [0.29, 0.717) is 17.9 Å². The van der Waals surface area contributed by atoms with E-state index in [1.807, 2.05) is 0 Å². The number of hydrogen-bond acceptors (Lipinski definition) is 4. The van der Waals surface area contributed by atoms with E-state index < -0.39 is 12.2 Å². The molecule has 0 bridgehead atoms. The van der Waals surface area contributed by atoms with Gasteiger partial charge in [-0.1, -0.05) is 0 Å². The Bertz CT molecular complexity index is 686. The summed E-state index contributed by atoms with van der Waals surface area (Å²) >= 11 is 0. The van der Waals surface area contributed by atoms with Crippen molar-refractivity contribution in [2.24, 2.45) is 11.8 Å². The van der Waals surface area contributed by atoms with Crippen LogP contribution in [-0.4, -0.2) is 44.3 Å². The number of fused-ring (bicyclic) bond motifs is 1. The number of piperidine rings is 1. The van der Waals surface area contributed by atoms with Gasteiger partial charge >= 0.3 is 6.09 Å². The molecule has 128 valence electrons. The number of carbonyl (C=O) groups is 2. The number of nitrogens with one attached hydrogen (secondary N) is 1. The van der Waals surface area contributed by atoms with Crippen molar-refractivity contribution >= 4 is 23.4 Å². The van der Waals surface area contributed by atoms with Gasteiger partial charge in [-0.2, -0.15) is 0 Å². The number of carbonyl (C=O) groups excluding carboxylic acids is 2. The third kappa shape index (κ3) is 2.79. The Balaban J connectivity index is 1.45. The Morgan fingerprint density at radius 1 is 1.33 bits per heavy atom. The number of amides is 2. The number of ether oxygens (including phenoxy) is 1. The maximum Gasteiger partial charge on any atom is 0.414 e. The minimum atomic E-state index is -0.514. The summed E-state index contributed by atoms with van der Waals surface area (Å²) in [6.07, 6.45) is 0.334. The first kappa shape index (κ1) is 15.2. The van der Waals surface area contributed by atoms with Gasteiger partial charge in [-0.3, -0.25) is 9.69 Å². The van der Waals surface area contributed by atoms with E-state index >= 15 is 0 Å². The summed E-state index contributed by atoms with van der Waals surface area (Å²) in [5, 5.41) is 2.62. The average Bonchev–Trinajstić information content (AvgIpc) is 2.97. The lowest BCUT2D eigenvalue weighted by molar-refractivity contribution is -0.119. The van der Waals surface area contributed by atoms with Crippen LogP contribution in [0.25, 0.3) is 0 Å². The van der Waals surface area contributed by atoms with Crippen molar-refractivity contribution in [2.45, 2.75) is 19.4 Å². The van der Waals surface area contributed by atoms with E-state index in [2.05, 4.69) is 10.2 Å². The molecule has 0 radical (unpaired) electrons. The Kier molecular flexibility index (Phi) is 3.58. The molecule has 7 heteroatoms. The van der Waals surface area contributed by atoms with Crippen LogP contribution in [0, 0.1) is 17.7 Å². The van der Waals surface area contributed by atoms with Crippen LogP contribution in [0.2, 0.25) is 0 Å². The van der Waals surface area contributed by atoms with E-state index in [1.54, 1.807) is 12.1 Å². The molecule has 1 saturated carbocycles. The van der Waals surface area contributed by atoms with E-state index in [0.717, 1.165) is 24.9 Å². The van der Waals surface area contributed by atoms with Crippen molar-refractivity contribution in [1.29, 1.82) is 0 Å². The smallest absolute Gasteiger partial charge is 0.414 e. The van der Waals surface area contributed by atoms with Gasteiger partial charge in [0.05, 0.1) is 24.5 Å². The van der Waals surface area contributed by atoms with Gasteiger partial charge in [-0.05, 0) is 36.5 Å². The van der Waals surface area contributed by atoms with Crippen LogP contribution in [0.4, 0.5) is 20.6 Å². The highest BCUT2D eigenvalue weighted by molar-refractivity contribution is 5.90. The molecule has 3 aliphatic rings. The maximum atomic E-state index is 14.5. The highest BCUT2D eigenvalue weighted by Gasteiger charge is 2.45. The second kappa shape index (κ2) is 5.65. The van der Waals surface area contributed by atoms with Crippen LogP contribution in [0.1, 0.15) is 13.3 Å². The lowest BCUT2D eigenvalue weighted by Gasteiger charge is -2.22. The molecule has 6 nitrogen and oxygen atoms in total. The quantitative estimate of drug-likeness (QED) is 0.912. The zero-order valence-corrected chi connectivity index (χ0v) is 13.5. The number of anilines is 2. The maximum absolute atomic E-state index is 14.5. The molecule has 3 atom stereocenters. The van der Waals surface area contributed by atoms with Crippen molar-refractivity contribution in [1.82, 2.24) is 5.32 Å². The van der Waals surface area contributed by atoms with Gasteiger partial charge in [0.15, 0.2) is 0 Å². The predicted molar refractivity (Wildman–Crippen MR) is 86.5 cm³/mol. The van der Waals surface area contributed by atoms with Crippen molar-refractivity contribution in [3.05, 3.63) is 24.0 Å². The van der Waals surface area contributed by atoms with Gasteiger partial charge in [0.1, 0.15) is 11.9 Å². The molecule has 1 aromatic rings. The first-order valence-corrected chi connectivity index (χ1v) is 8.28. The topological polar surface area (TPSA) is 61.9 Å². The normalized spacial score (nSPS) is 27.9. The Morgan fingerprint density at radius 3 is 2.75 bits per heavy atom. The summed E-state index contributed by atoms with van der Waals surface area (Å²) in [5.41, 5.74) is 1.09. The molecule has 0 aromatic heterocycles. The largest absolute Gasteiger partial charge is 0.442 e. The first-order valence-electron chi connectivity index (χ1n) is 8.28. The minimum Gasteiger partial charge on any atom is -0.442 e. The lowest BCUT2D eigenvalue weighted by Crippen LogP contribution is -2.33.